The Morgan fingerprint density at radius 3 is 2.38 bits per heavy atom. The van der Waals surface area contributed by atoms with E-state index < -0.39 is 0 Å². The summed E-state index contributed by atoms with van der Waals surface area (Å²) < 4.78 is 5.60. The summed E-state index contributed by atoms with van der Waals surface area (Å²) in [6, 6.07) is 18.8. The number of ether oxygens (including phenoxy) is 1. The molecule has 24 heavy (non-hydrogen) atoms. The standard InChI is InChI=1S/C22H26OS/c1-2-3-17-23-18-7-8-19-11-13-20(14-12-19)15-16-22(24)21-9-5-4-6-10-21/h4-6,9-16H,2-3,7-8,17-18H2,1H3. The molecule has 0 aliphatic heterocycles. The van der Waals surface area contributed by atoms with Crippen molar-refractivity contribution in [3.63, 3.8) is 0 Å². The maximum absolute atomic E-state index is 5.60. The SMILES string of the molecule is CCCCOCCCc1ccc(C=CC(=S)c2ccccc2)cc1. The van der Waals surface area contributed by atoms with E-state index in [0.29, 0.717) is 0 Å². The lowest BCUT2D eigenvalue weighted by molar-refractivity contribution is 0.129. The van der Waals surface area contributed by atoms with Crippen LogP contribution in [0.25, 0.3) is 6.08 Å². The molecule has 0 atom stereocenters. The molecule has 1 nitrogen and oxygen atoms in total. The molecule has 126 valence electrons. The van der Waals surface area contributed by atoms with Crippen LogP contribution in [0.2, 0.25) is 0 Å². The Hall–Kier alpha value is -1.77. The van der Waals surface area contributed by atoms with Crippen LogP contribution in [0.5, 0.6) is 0 Å². The second-order valence-electron chi connectivity index (χ2n) is 5.87. The van der Waals surface area contributed by atoms with E-state index in [9.17, 15) is 0 Å². The van der Waals surface area contributed by atoms with E-state index in [2.05, 4.69) is 37.3 Å². The topological polar surface area (TPSA) is 9.23 Å². The van der Waals surface area contributed by atoms with Crippen molar-refractivity contribution in [2.45, 2.75) is 32.6 Å². The molecule has 2 rings (SSSR count). The van der Waals surface area contributed by atoms with Crippen molar-refractivity contribution in [3.05, 3.63) is 77.4 Å². The Morgan fingerprint density at radius 2 is 1.67 bits per heavy atom. The van der Waals surface area contributed by atoms with Gasteiger partial charge in [-0.25, -0.2) is 0 Å². The molecule has 0 heterocycles. The molecule has 0 saturated heterocycles. The quantitative estimate of drug-likeness (QED) is 0.232. The lowest BCUT2D eigenvalue weighted by Gasteiger charge is -2.04. The Balaban J connectivity index is 1.77. The largest absolute Gasteiger partial charge is 0.381 e. The molecule has 0 aliphatic rings. The number of benzene rings is 2. The molecular formula is C22H26OS. The highest BCUT2D eigenvalue weighted by atomic mass is 32.1. The van der Waals surface area contributed by atoms with Crippen LogP contribution in [0, 0.1) is 0 Å². The van der Waals surface area contributed by atoms with E-state index in [4.69, 9.17) is 17.0 Å². The highest BCUT2D eigenvalue weighted by molar-refractivity contribution is 7.81. The van der Waals surface area contributed by atoms with Crippen molar-refractivity contribution >= 4 is 23.2 Å². The predicted molar refractivity (Wildman–Crippen MR) is 108 cm³/mol. The molecule has 0 radical (unpaired) electrons. The van der Waals surface area contributed by atoms with Crippen LogP contribution in [-0.2, 0) is 11.2 Å². The van der Waals surface area contributed by atoms with Crippen molar-refractivity contribution in [1.29, 1.82) is 0 Å². The number of allylic oxidation sites excluding steroid dienone is 1. The van der Waals surface area contributed by atoms with Crippen molar-refractivity contribution in [2.75, 3.05) is 13.2 Å². The van der Waals surface area contributed by atoms with Gasteiger partial charge in [0.05, 0.1) is 0 Å². The van der Waals surface area contributed by atoms with Gasteiger partial charge in [0.15, 0.2) is 0 Å². The van der Waals surface area contributed by atoms with Crippen LogP contribution in [0.3, 0.4) is 0 Å². The van der Waals surface area contributed by atoms with Gasteiger partial charge in [0.1, 0.15) is 0 Å². The van der Waals surface area contributed by atoms with E-state index in [1.54, 1.807) is 0 Å². The first-order valence-electron chi connectivity index (χ1n) is 8.73. The molecule has 2 aromatic carbocycles. The van der Waals surface area contributed by atoms with E-state index in [1.807, 2.05) is 36.4 Å². The number of hydrogen-bond donors (Lipinski definition) is 0. The van der Waals surface area contributed by atoms with Crippen molar-refractivity contribution in [3.8, 4) is 0 Å². The molecule has 0 aliphatic carbocycles. The average Bonchev–Trinajstić information content (AvgIpc) is 2.64. The highest BCUT2D eigenvalue weighted by Gasteiger charge is 1.97. The van der Waals surface area contributed by atoms with Gasteiger partial charge in [0.25, 0.3) is 0 Å². The second kappa shape index (κ2) is 10.9. The molecule has 0 spiro atoms. The van der Waals surface area contributed by atoms with Gasteiger partial charge >= 0.3 is 0 Å². The van der Waals surface area contributed by atoms with E-state index in [1.165, 1.54) is 17.5 Å². The van der Waals surface area contributed by atoms with Crippen LogP contribution < -0.4 is 0 Å². The molecule has 0 fully saturated rings. The second-order valence-corrected chi connectivity index (χ2v) is 6.31. The maximum Gasteiger partial charge on any atom is 0.0469 e. The smallest absolute Gasteiger partial charge is 0.0469 e. The van der Waals surface area contributed by atoms with Gasteiger partial charge < -0.3 is 4.74 Å². The first-order chi connectivity index (χ1) is 11.8. The summed E-state index contributed by atoms with van der Waals surface area (Å²) in [6.45, 7) is 3.93. The van der Waals surface area contributed by atoms with Gasteiger partial charge in [-0.3, -0.25) is 0 Å². The minimum Gasteiger partial charge on any atom is -0.381 e. The first-order valence-corrected chi connectivity index (χ1v) is 9.14. The zero-order valence-electron chi connectivity index (χ0n) is 14.4. The number of hydrogen-bond acceptors (Lipinski definition) is 2. The van der Waals surface area contributed by atoms with Gasteiger partial charge in [-0.1, -0.05) is 86.2 Å². The third kappa shape index (κ3) is 6.77. The monoisotopic (exact) mass is 338 g/mol. The predicted octanol–water partition coefficient (Wildman–Crippen LogP) is 5.87. The third-order valence-electron chi connectivity index (χ3n) is 3.86. The summed E-state index contributed by atoms with van der Waals surface area (Å²) in [5.74, 6) is 0. The Labute approximate surface area is 151 Å². The zero-order chi connectivity index (χ0) is 17.0. The number of unbranched alkanes of at least 4 members (excludes halogenated alkanes) is 1. The minimum atomic E-state index is 0.854. The third-order valence-corrected chi connectivity index (χ3v) is 4.23. The molecule has 2 aromatic rings. The van der Waals surface area contributed by atoms with Crippen LogP contribution in [-0.4, -0.2) is 18.1 Å². The summed E-state index contributed by atoms with van der Waals surface area (Å²) in [5.41, 5.74) is 3.62. The number of rotatable bonds is 10. The minimum absolute atomic E-state index is 0.854. The summed E-state index contributed by atoms with van der Waals surface area (Å²) >= 11 is 5.45. The fraction of sp³-hybridized carbons (Fsp3) is 0.318. The van der Waals surface area contributed by atoms with Gasteiger partial charge in [0.2, 0.25) is 0 Å². The molecule has 0 aromatic heterocycles. The summed E-state index contributed by atoms with van der Waals surface area (Å²) in [6.07, 6.45) is 8.58. The summed E-state index contributed by atoms with van der Waals surface area (Å²) in [4.78, 5) is 0.865. The van der Waals surface area contributed by atoms with Gasteiger partial charge in [-0.05, 0) is 42.0 Å². The van der Waals surface area contributed by atoms with E-state index in [-0.39, 0.29) is 0 Å². The Bertz CT molecular complexity index is 629. The summed E-state index contributed by atoms with van der Waals surface area (Å²) in [5, 5.41) is 0. The van der Waals surface area contributed by atoms with Crippen LogP contribution in [0.1, 0.15) is 42.9 Å². The molecule has 2 heteroatoms. The number of aryl methyl sites for hydroxylation is 1. The first kappa shape index (κ1) is 18.6. The zero-order valence-corrected chi connectivity index (χ0v) is 15.2. The normalized spacial score (nSPS) is 11.0. The fourth-order valence-electron chi connectivity index (χ4n) is 2.39. The van der Waals surface area contributed by atoms with Gasteiger partial charge in [0, 0.05) is 18.1 Å². The van der Waals surface area contributed by atoms with Crippen LogP contribution >= 0.6 is 12.2 Å². The van der Waals surface area contributed by atoms with Crippen molar-refractivity contribution in [1.82, 2.24) is 0 Å². The Morgan fingerprint density at radius 1 is 0.958 bits per heavy atom. The Kier molecular flexibility index (Phi) is 8.43. The lowest BCUT2D eigenvalue weighted by Crippen LogP contribution is -1.98. The maximum atomic E-state index is 5.60. The molecule has 0 saturated carbocycles. The van der Waals surface area contributed by atoms with E-state index >= 15 is 0 Å². The molecule has 0 unspecified atom stereocenters. The van der Waals surface area contributed by atoms with E-state index in [0.717, 1.165) is 42.9 Å². The fourth-order valence-corrected chi connectivity index (χ4v) is 2.60. The van der Waals surface area contributed by atoms with Crippen LogP contribution in [0.15, 0.2) is 60.7 Å². The highest BCUT2D eigenvalue weighted by Crippen LogP contribution is 2.10. The number of thiocarbonyl (C=S) groups is 1. The van der Waals surface area contributed by atoms with Crippen molar-refractivity contribution < 1.29 is 4.74 Å². The molecule has 0 N–H and O–H groups in total. The average molecular weight is 339 g/mol. The summed E-state index contributed by atoms with van der Waals surface area (Å²) in [7, 11) is 0. The van der Waals surface area contributed by atoms with Crippen LogP contribution in [0.4, 0.5) is 0 Å². The molecular weight excluding hydrogens is 312 g/mol. The molecule has 0 bridgehead atoms. The lowest BCUT2D eigenvalue weighted by atomic mass is 10.1. The molecule has 0 amide bonds. The van der Waals surface area contributed by atoms with Gasteiger partial charge in [-0.2, -0.15) is 0 Å². The van der Waals surface area contributed by atoms with Gasteiger partial charge in [-0.15, -0.1) is 0 Å². The van der Waals surface area contributed by atoms with Crippen molar-refractivity contribution in [2.24, 2.45) is 0 Å².